The predicted octanol–water partition coefficient (Wildman–Crippen LogP) is 2.04. The molecule has 0 aliphatic heterocycles. The van der Waals surface area contributed by atoms with Crippen molar-refractivity contribution in [3.05, 3.63) is 42.4 Å². The first-order chi connectivity index (χ1) is 11.1. The fraction of sp³-hybridized carbons (Fsp3) is 0.471. The van der Waals surface area contributed by atoms with Gasteiger partial charge in [0.2, 0.25) is 0 Å². The molecule has 0 aliphatic carbocycles. The summed E-state index contributed by atoms with van der Waals surface area (Å²) in [6, 6.07) is 7.08. The molecule has 124 valence electrons. The van der Waals surface area contributed by atoms with Crippen molar-refractivity contribution in [1.82, 2.24) is 20.1 Å². The van der Waals surface area contributed by atoms with E-state index in [2.05, 4.69) is 29.2 Å². The van der Waals surface area contributed by atoms with Crippen LogP contribution >= 0.6 is 0 Å². The molecular weight excluding hydrogens is 292 g/mol. The van der Waals surface area contributed by atoms with Crippen molar-refractivity contribution >= 4 is 5.91 Å². The molecule has 0 fully saturated rings. The molecule has 2 heterocycles. The van der Waals surface area contributed by atoms with Crippen LogP contribution in [0.5, 0.6) is 0 Å². The van der Waals surface area contributed by atoms with E-state index in [-0.39, 0.29) is 18.4 Å². The number of hydrogen-bond donors (Lipinski definition) is 2. The normalized spacial score (nSPS) is 12.3. The van der Waals surface area contributed by atoms with Crippen LogP contribution in [0.25, 0.3) is 5.82 Å². The number of rotatable bonds is 8. The highest BCUT2D eigenvalue weighted by molar-refractivity contribution is 5.92. The van der Waals surface area contributed by atoms with Crippen LogP contribution in [0, 0.1) is 11.8 Å². The van der Waals surface area contributed by atoms with Gasteiger partial charge in [-0.25, -0.2) is 9.67 Å². The Morgan fingerprint density at radius 1 is 1.35 bits per heavy atom. The zero-order valence-electron chi connectivity index (χ0n) is 13.6. The van der Waals surface area contributed by atoms with Gasteiger partial charge in [0.05, 0.1) is 0 Å². The largest absolute Gasteiger partial charge is 0.396 e. The molecule has 6 heteroatoms. The van der Waals surface area contributed by atoms with Crippen LogP contribution in [0.4, 0.5) is 0 Å². The van der Waals surface area contributed by atoms with E-state index >= 15 is 0 Å². The first-order valence-electron chi connectivity index (χ1n) is 7.96. The number of aliphatic hydroxyl groups is 1. The van der Waals surface area contributed by atoms with E-state index in [0.29, 0.717) is 30.4 Å². The maximum atomic E-state index is 12.3. The Labute approximate surface area is 136 Å². The number of hydrogen-bond acceptors (Lipinski definition) is 4. The predicted molar refractivity (Wildman–Crippen MR) is 88.3 cm³/mol. The lowest BCUT2D eigenvalue weighted by Gasteiger charge is -2.18. The molecule has 1 atom stereocenters. The van der Waals surface area contributed by atoms with Crippen LogP contribution in [0.15, 0.2) is 36.7 Å². The van der Waals surface area contributed by atoms with Crippen LogP contribution in [0.2, 0.25) is 0 Å². The Morgan fingerprint density at radius 2 is 2.17 bits per heavy atom. The second-order valence-electron chi connectivity index (χ2n) is 6.05. The summed E-state index contributed by atoms with van der Waals surface area (Å²) in [6.45, 7) is 4.97. The van der Waals surface area contributed by atoms with Crippen LogP contribution < -0.4 is 5.32 Å². The van der Waals surface area contributed by atoms with Gasteiger partial charge in [-0.3, -0.25) is 4.79 Å². The fourth-order valence-corrected chi connectivity index (χ4v) is 2.56. The zero-order chi connectivity index (χ0) is 16.7. The lowest BCUT2D eigenvalue weighted by Crippen LogP contribution is -2.31. The lowest BCUT2D eigenvalue weighted by molar-refractivity contribution is 0.0936. The number of carbonyl (C=O) groups is 1. The second kappa shape index (κ2) is 8.43. The van der Waals surface area contributed by atoms with E-state index in [1.165, 1.54) is 0 Å². The Kier molecular flexibility index (Phi) is 6.29. The third-order valence-electron chi connectivity index (χ3n) is 3.60. The Hall–Kier alpha value is -2.21. The van der Waals surface area contributed by atoms with E-state index in [9.17, 15) is 4.79 Å². The fourth-order valence-electron chi connectivity index (χ4n) is 2.56. The Morgan fingerprint density at radius 3 is 2.83 bits per heavy atom. The highest BCUT2D eigenvalue weighted by Crippen LogP contribution is 2.14. The molecule has 0 aliphatic rings. The zero-order valence-corrected chi connectivity index (χ0v) is 13.6. The van der Waals surface area contributed by atoms with E-state index in [1.54, 1.807) is 41.3 Å². The van der Waals surface area contributed by atoms with Gasteiger partial charge in [-0.05, 0) is 42.9 Å². The van der Waals surface area contributed by atoms with Gasteiger partial charge in [0.1, 0.15) is 5.69 Å². The van der Waals surface area contributed by atoms with E-state index in [0.717, 1.165) is 6.42 Å². The van der Waals surface area contributed by atoms with Crippen molar-refractivity contribution in [1.29, 1.82) is 0 Å². The van der Waals surface area contributed by atoms with Gasteiger partial charge in [-0.15, -0.1) is 0 Å². The van der Waals surface area contributed by atoms with Gasteiger partial charge < -0.3 is 10.4 Å². The van der Waals surface area contributed by atoms with Gasteiger partial charge in [-0.1, -0.05) is 19.9 Å². The average molecular weight is 316 g/mol. The van der Waals surface area contributed by atoms with Crippen LogP contribution in [0.3, 0.4) is 0 Å². The summed E-state index contributed by atoms with van der Waals surface area (Å²) >= 11 is 0. The summed E-state index contributed by atoms with van der Waals surface area (Å²) in [5, 5.41) is 16.2. The third-order valence-corrected chi connectivity index (χ3v) is 3.60. The van der Waals surface area contributed by atoms with Gasteiger partial charge in [-0.2, -0.15) is 5.10 Å². The minimum atomic E-state index is -0.203. The molecule has 0 spiro atoms. The topological polar surface area (TPSA) is 80.0 Å². The molecule has 6 nitrogen and oxygen atoms in total. The number of nitrogens with one attached hydrogen (secondary N) is 1. The molecule has 0 bridgehead atoms. The number of pyridine rings is 1. The van der Waals surface area contributed by atoms with Crippen molar-refractivity contribution in [2.45, 2.75) is 26.7 Å². The molecule has 0 saturated carbocycles. The molecule has 0 radical (unpaired) electrons. The summed E-state index contributed by atoms with van der Waals surface area (Å²) in [6.07, 6.45) is 5.12. The number of nitrogens with zero attached hydrogens (tertiary/aromatic N) is 3. The molecule has 0 aromatic carbocycles. The molecule has 2 aromatic heterocycles. The van der Waals surface area contributed by atoms with Crippen molar-refractivity contribution in [2.24, 2.45) is 11.8 Å². The van der Waals surface area contributed by atoms with Gasteiger partial charge in [0.25, 0.3) is 5.91 Å². The summed E-state index contributed by atoms with van der Waals surface area (Å²) in [4.78, 5) is 16.6. The van der Waals surface area contributed by atoms with Crippen molar-refractivity contribution < 1.29 is 9.90 Å². The highest BCUT2D eigenvalue weighted by Gasteiger charge is 2.14. The minimum absolute atomic E-state index is 0.139. The summed E-state index contributed by atoms with van der Waals surface area (Å²) in [5.41, 5.74) is 0.366. The summed E-state index contributed by atoms with van der Waals surface area (Å²) in [5.74, 6) is 1.21. The quantitative estimate of drug-likeness (QED) is 0.781. The summed E-state index contributed by atoms with van der Waals surface area (Å²) in [7, 11) is 0. The first kappa shape index (κ1) is 17.1. The first-order valence-corrected chi connectivity index (χ1v) is 7.96. The summed E-state index contributed by atoms with van der Waals surface area (Å²) < 4.78 is 1.62. The minimum Gasteiger partial charge on any atom is -0.396 e. The van der Waals surface area contributed by atoms with Crippen molar-refractivity contribution in [3.63, 3.8) is 0 Å². The molecule has 0 saturated heterocycles. The molecule has 23 heavy (non-hydrogen) atoms. The molecule has 1 unspecified atom stereocenters. The highest BCUT2D eigenvalue weighted by atomic mass is 16.3. The van der Waals surface area contributed by atoms with E-state index in [4.69, 9.17) is 5.11 Å². The number of amides is 1. The van der Waals surface area contributed by atoms with Gasteiger partial charge in [0.15, 0.2) is 5.82 Å². The molecule has 1 amide bonds. The molecule has 2 rings (SSSR count). The van der Waals surface area contributed by atoms with Gasteiger partial charge >= 0.3 is 0 Å². The Balaban J connectivity index is 1.99. The van der Waals surface area contributed by atoms with Crippen LogP contribution in [-0.4, -0.2) is 38.9 Å². The van der Waals surface area contributed by atoms with Crippen molar-refractivity contribution in [3.8, 4) is 5.82 Å². The van der Waals surface area contributed by atoms with E-state index in [1.807, 2.05) is 0 Å². The second-order valence-corrected chi connectivity index (χ2v) is 6.05. The monoisotopic (exact) mass is 316 g/mol. The van der Waals surface area contributed by atoms with Crippen LogP contribution in [0.1, 0.15) is 37.2 Å². The van der Waals surface area contributed by atoms with Crippen LogP contribution in [-0.2, 0) is 0 Å². The Bertz CT molecular complexity index is 611. The SMILES string of the molecule is CC(C)CC(CCO)CNC(=O)c1cccc(-n2cccn2)n1. The van der Waals surface area contributed by atoms with Gasteiger partial charge in [0, 0.05) is 25.5 Å². The molecular formula is C17H24N4O2. The number of carbonyl (C=O) groups excluding carboxylic acids is 1. The average Bonchev–Trinajstić information content (AvgIpc) is 3.06. The lowest BCUT2D eigenvalue weighted by atomic mass is 9.94. The third kappa shape index (κ3) is 5.17. The maximum absolute atomic E-state index is 12.3. The number of aliphatic hydroxyl groups excluding tert-OH is 1. The smallest absolute Gasteiger partial charge is 0.269 e. The standard InChI is InChI=1S/C17H24N4O2/c1-13(2)11-14(7-10-22)12-18-17(23)15-5-3-6-16(20-15)21-9-4-8-19-21/h3-6,8-9,13-14,22H,7,10-12H2,1-2H3,(H,18,23). The number of aromatic nitrogens is 3. The van der Waals surface area contributed by atoms with E-state index < -0.39 is 0 Å². The van der Waals surface area contributed by atoms with Crippen molar-refractivity contribution in [2.75, 3.05) is 13.2 Å². The molecule has 2 aromatic rings. The maximum Gasteiger partial charge on any atom is 0.269 e. The molecule has 2 N–H and O–H groups in total.